The van der Waals surface area contributed by atoms with Gasteiger partial charge < -0.3 is 9.80 Å². The molecule has 1 saturated heterocycles. The van der Waals surface area contributed by atoms with Crippen molar-refractivity contribution in [2.75, 3.05) is 36.0 Å². The van der Waals surface area contributed by atoms with E-state index in [1.54, 1.807) is 30.6 Å². The minimum Gasteiger partial charge on any atom is -0.367 e. The second kappa shape index (κ2) is 5.66. The fourth-order valence-corrected chi connectivity index (χ4v) is 3.80. The number of nitrogens with zero attached hydrogens (tertiary/aromatic N) is 5. The van der Waals surface area contributed by atoms with E-state index in [1.165, 1.54) is 9.38 Å². The number of benzene rings is 1. The quantitative estimate of drug-likeness (QED) is 0.717. The Hall–Kier alpha value is -2.41. The molecular weight excluding hydrogens is 310 g/mol. The van der Waals surface area contributed by atoms with E-state index in [-0.39, 0.29) is 5.56 Å². The molecule has 1 aliphatic heterocycles. The molecule has 23 heavy (non-hydrogen) atoms. The van der Waals surface area contributed by atoms with Crippen LogP contribution < -0.4 is 15.4 Å². The van der Waals surface area contributed by atoms with E-state index in [4.69, 9.17) is 4.98 Å². The lowest BCUT2D eigenvalue weighted by molar-refractivity contribution is 0.642. The van der Waals surface area contributed by atoms with Gasteiger partial charge in [0, 0.05) is 39.3 Å². The number of anilines is 2. The molecule has 2 aromatic heterocycles. The van der Waals surface area contributed by atoms with Gasteiger partial charge in [0.15, 0.2) is 5.13 Å². The van der Waals surface area contributed by atoms with Crippen LogP contribution in [0.5, 0.6) is 0 Å². The van der Waals surface area contributed by atoms with Crippen molar-refractivity contribution in [2.24, 2.45) is 7.05 Å². The van der Waals surface area contributed by atoms with Gasteiger partial charge in [-0.15, -0.1) is 0 Å². The molecule has 4 rings (SSSR count). The van der Waals surface area contributed by atoms with Crippen molar-refractivity contribution >= 4 is 32.4 Å². The zero-order valence-electron chi connectivity index (χ0n) is 12.8. The van der Waals surface area contributed by atoms with Crippen LogP contribution in [0.15, 0.2) is 41.3 Å². The number of aromatic nitrogens is 3. The minimum absolute atomic E-state index is 0.0731. The molecule has 1 fully saturated rings. The van der Waals surface area contributed by atoms with E-state index >= 15 is 0 Å². The van der Waals surface area contributed by atoms with Crippen LogP contribution in [0.4, 0.5) is 10.8 Å². The number of hydrogen-bond acceptors (Lipinski definition) is 6. The smallest absolute Gasteiger partial charge is 0.268 e. The SMILES string of the molecule is Cn1ncc(N2CCN(c3nc4ccccc4s3)CC2)cc1=O. The Morgan fingerprint density at radius 1 is 1.09 bits per heavy atom. The van der Waals surface area contributed by atoms with Gasteiger partial charge in [0.1, 0.15) is 0 Å². The highest BCUT2D eigenvalue weighted by Gasteiger charge is 2.20. The number of aryl methyl sites for hydroxylation is 1. The Morgan fingerprint density at radius 3 is 2.57 bits per heavy atom. The largest absolute Gasteiger partial charge is 0.367 e. The lowest BCUT2D eigenvalue weighted by Crippen LogP contribution is -2.46. The van der Waals surface area contributed by atoms with Crippen LogP contribution in [0.3, 0.4) is 0 Å². The molecule has 0 saturated carbocycles. The fraction of sp³-hybridized carbons (Fsp3) is 0.312. The standard InChI is InChI=1S/C16H17N5OS/c1-19-15(22)10-12(11-17-19)20-6-8-21(9-7-20)16-18-13-4-2-3-5-14(13)23-16/h2-5,10-11H,6-9H2,1H3. The second-order valence-corrected chi connectivity index (χ2v) is 6.62. The summed E-state index contributed by atoms with van der Waals surface area (Å²) in [7, 11) is 1.66. The third-order valence-corrected chi connectivity index (χ3v) is 5.25. The van der Waals surface area contributed by atoms with Crippen molar-refractivity contribution in [1.29, 1.82) is 0 Å². The van der Waals surface area contributed by atoms with E-state index in [1.807, 2.05) is 12.1 Å². The molecule has 0 aliphatic carbocycles. The first-order valence-electron chi connectivity index (χ1n) is 7.59. The lowest BCUT2D eigenvalue weighted by atomic mass is 10.3. The van der Waals surface area contributed by atoms with Crippen molar-refractivity contribution in [2.45, 2.75) is 0 Å². The summed E-state index contributed by atoms with van der Waals surface area (Å²) in [4.78, 5) is 21.0. The molecule has 3 heterocycles. The molecule has 1 aliphatic rings. The number of piperazine rings is 1. The Balaban J connectivity index is 1.50. The predicted molar refractivity (Wildman–Crippen MR) is 93.5 cm³/mol. The van der Waals surface area contributed by atoms with Gasteiger partial charge in [0.05, 0.1) is 22.1 Å². The van der Waals surface area contributed by atoms with Crippen molar-refractivity contribution in [3.63, 3.8) is 0 Å². The molecule has 0 unspecified atom stereocenters. The summed E-state index contributed by atoms with van der Waals surface area (Å²) in [6, 6.07) is 9.88. The first kappa shape index (κ1) is 14.2. The summed E-state index contributed by atoms with van der Waals surface area (Å²) < 4.78 is 2.57. The van der Waals surface area contributed by atoms with Gasteiger partial charge in [-0.25, -0.2) is 9.67 Å². The molecule has 3 aromatic rings. The van der Waals surface area contributed by atoms with Gasteiger partial charge in [0.25, 0.3) is 5.56 Å². The van der Waals surface area contributed by atoms with E-state index < -0.39 is 0 Å². The van der Waals surface area contributed by atoms with Crippen molar-refractivity contribution in [3.8, 4) is 0 Å². The summed E-state index contributed by atoms with van der Waals surface area (Å²) in [5.74, 6) is 0. The molecule has 1 aromatic carbocycles. The zero-order valence-corrected chi connectivity index (χ0v) is 13.7. The maximum Gasteiger partial charge on any atom is 0.268 e. The number of para-hydroxylation sites is 1. The molecule has 0 spiro atoms. The van der Waals surface area contributed by atoms with Gasteiger partial charge in [-0.05, 0) is 12.1 Å². The molecule has 0 radical (unpaired) electrons. The topological polar surface area (TPSA) is 54.3 Å². The molecule has 118 valence electrons. The Bertz CT molecular complexity index is 862. The van der Waals surface area contributed by atoms with Crippen molar-refractivity contribution in [3.05, 3.63) is 46.9 Å². The highest BCUT2D eigenvalue weighted by Crippen LogP contribution is 2.29. The van der Waals surface area contributed by atoms with E-state index in [9.17, 15) is 4.79 Å². The van der Waals surface area contributed by atoms with Crippen LogP contribution in [-0.2, 0) is 7.05 Å². The van der Waals surface area contributed by atoms with E-state index in [0.29, 0.717) is 0 Å². The Morgan fingerprint density at radius 2 is 1.83 bits per heavy atom. The molecule has 0 bridgehead atoms. The number of rotatable bonds is 2. The van der Waals surface area contributed by atoms with Crippen LogP contribution >= 0.6 is 11.3 Å². The first-order chi connectivity index (χ1) is 11.2. The average molecular weight is 327 g/mol. The summed E-state index contributed by atoms with van der Waals surface area (Å²) in [6.45, 7) is 3.53. The maximum atomic E-state index is 11.7. The van der Waals surface area contributed by atoms with Crippen LogP contribution in [0.1, 0.15) is 0 Å². The highest BCUT2D eigenvalue weighted by molar-refractivity contribution is 7.22. The second-order valence-electron chi connectivity index (χ2n) is 5.61. The summed E-state index contributed by atoms with van der Waals surface area (Å²) in [6.07, 6.45) is 1.76. The van der Waals surface area contributed by atoms with Gasteiger partial charge in [-0.2, -0.15) is 5.10 Å². The normalized spacial score (nSPS) is 15.3. The average Bonchev–Trinajstić information content (AvgIpc) is 3.02. The van der Waals surface area contributed by atoms with E-state index in [0.717, 1.165) is 42.5 Å². The fourth-order valence-electron chi connectivity index (χ4n) is 2.78. The van der Waals surface area contributed by atoms with Gasteiger partial charge in [0.2, 0.25) is 0 Å². The number of hydrogen-bond donors (Lipinski definition) is 0. The molecule has 0 amide bonds. The van der Waals surface area contributed by atoms with Gasteiger partial charge in [-0.3, -0.25) is 4.79 Å². The summed E-state index contributed by atoms with van der Waals surface area (Å²) >= 11 is 1.74. The molecule has 0 atom stereocenters. The Kier molecular flexibility index (Phi) is 3.49. The van der Waals surface area contributed by atoms with Crippen molar-refractivity contribution < 1.29 is 0 Å². The van der Waals surface area contributed by atoms with Crippen LogP contribution in [0.2, 0.25) is 0 Å². The van der Waals surface area contributed by atoms with Crippen molar-refractivity contribution in [1.82, 2.24) is 14.8 Å². The van der Waals surface area contributed by atoms with Crippen LogP contribution in [0, 0.1) is 0 Å². The minimum atomic E-state index is -0.0731. The third-order valence-electron chi connectivity index (χ3n) is 4.15. The van der Waals surface area contributed by atoms with Gasteiger partial charge in [-0.1, -0.05) is 23.5 Å². The van der Waals surface area contributed by atoms with Crippen LogP contribution in [-0.4, -0.2) is 40.9 Å². The number of thiazole rings is 1. The maximum absolute atomic E-state index is 11.7. The molecular formula is C16H17N5OS. The van der Waals surface area contributed by atoms with E-state index in [2.05, 4.69) is 27.0 Å². The molecule has 0 N–H and O–H groups in total. The highest BCUT2D eigenvalue weighted by atomic mass is 32.1. The van der Waals surface area contributed by atoms with Crippen LogP contribution in [0.25, 0.3) is 10.2 Å². The third kappa shape index (κ3) is 2.68. The lowest BCUT2D eigenvalue weighted by Gasteiger charge is -2.35. The number of fused-ring (bicyclic) bond motifs is 1. The monoisotopic (exact) mass is 327 g/mol. The first-order valence-corrected chi connectivity index (χ1v) is 8.41. The molecule has 7 heteroatoms. The van der Waals surface area contributed by atoms with Gasteiger partial charge >= 0.3 is 0 Å². The zero-order chi connectivity index (χ0) is 15.8. The predicted octanol–water partition coefficient (Wildman–Crippen LogP) is 1.72. The summed E-state index contributed by atoms with van der Waals surface area (Å²) in [5, 5.41) is 5.18. The molecule has 6 nitrogen and oxygen atoms in total. The summed E-state index contributed by atoms with van der Waals surface area (Å²) in [5.41, 5.74) is 1.89. The Labute approximate surface area is 137 Å².